The second kappa shape index (κ2) is 6.44. The van der Waals surface area contributed by atoms with Crippen molar-refractivity contribution in [2.45, 2.75) is 51.4 Å². The Kier molecular flexibility index (Phi) is 4.84. The summed E-state index contributed by atoms with van der Waals surface area (Å²) >= 11 is 0. The van der Waals surface area contributed by atoms with Crippen LogP contribution >= 0.6 is 0 Å². The predicted molar refractivity (Wildman–Crippen MR) is 80.2 cm³/mol. The highest BCUT2D eigenvalue weighted by molar-refractivity contribution is 5.43. The van der Waals surface area contributed by atoms with Gasteiger partial charge >= 0.3 is 6.15 Å². The van der Waals surface area contributed by atoms with E-state index in [0.29, 0.717) is 5.41 Å². The molecule has 2 aliphatic rings. The molecule has 1 aromatic carbocycles. The van der Waals surface area contributed by atoms with Gasteiger partial charge < -0.3 is 4.74 Å². The molecule has 3 heteroatoms. The first kappa shape index (κ1) is 15.8. The molecule has 0 N–H and O–H groups in total. The Balaban J connectivity index is 0.000000497. The van der Waals surface area contributed by atoms with Crippen LogP contribution in [-0.2, 0) is 21.4 Å². The molecule has 114 valence electrons. The zero-order chi connectivity index (χ0) is 15.5. The summed E-state index contributed by atoms with van der Waals surface area (Å²) in [6, 6.07) is 6.71. The number of fused-ring (bicyclic) bond motifs is 3. The third-order valence-corrected chi connectivity index (χ3v) is 5.52. The molecule has 0 heterocycles. The highest BCUT2D eigenvalue weighted by Crippen LogP contribution is 2.52. The first-order chi connectivity index (χ1) is 10.1. The minimum absolute atomic E-state index is 0.250. The van der Waals surface area contributed by atoms with Gasteiger partial charge in [-0.2, -0.15) is 9.59 Å². The van der Waals surface area contributed by atoms with E-state index in [1.165, 1.54) is 32.1 Å². The number of benzene rings is 1. The van der Waals surface area contributed by atoms with Gasteiger partial charge in [0.2, 0.25) is 0 Å². The fourth-order valence-electron chi connectivity index (χ4n) is 4.49. The van der Waals surface area contributed by atoms with Gasteiger partial charge in [-0.05, 0) is 59.8 Å². The number of carbonyl (C=O) groups excluding carboxylic acids is 2. The first-order valence-corrected chi connectivity index (χ1v) is 7.73. The highest BCUT2D eigenvalue weighted by atomic mass is 16.5. The quantitative estimate of drug-likeness (QED) is 0.790. The van der Waals surface area contributed by atoms with Gasteiger partial charge in [-0.15, -0.1) is 0 Å². The van der Waals surface area contributed by atoms with E-state index in [4.69, 9.17) is 14.3 Å². The number of methoxy groups -OCH3 is 1. The maximum atomic E-state index is 8.12. The van der Waals surface area contributed by atoms with Gasteiger partial charge in [0.15, 0.2) is 0 Å². The van der Waals surface area contributed by atoms with Gasteiger partial charge in [0.25, 0.3) is 0 Å². The zero-order valence-electron chi connectivity index (χ0n) is 13.1. The van der Waals surface area contributed by atoms with Gasteiger partial charge in [-0.1, -0.05) is 32.8 Å². The fraction of sp³-hybridized carbons (Fsp3) is 0.611. The molecule has 2 aliphatic carbocycles. The van der Waals surface area contributed by atoms with Gasteiger partial charge in [-0.3, -0.25) is 0 Å². The summed E-state index contributed by atoms with van der Waals surface area (Å²) in [6.07, 6.45) is 7.02. The van der Waals surface area contributed by atoms with Crippen molar-refractivity contribution < 1.29 is 14.3 Å². The lowest BCUT2D eigenvalue weighted by molar-refractivity contribution is -0.191. The van der Waals surface area contributed by atoms with Crippen molar-refractivity contribution in [3.05, 3.63) is 29.3 Å². The smallest absolute Gasteiger partial charge is 0.373 e. The maximum Gasteiger partial charge on any atom is 0.373 e. The topological polar surface area (TPSA) is 43.4 Å². The lowest BCUT2D eigenvalue weighted by atomic mass is 9.55. The van der Waals surface area contributed by atoms with E-state index in [0.717, 1.165) is 17.6 Å². The van der Waals surface area contributed by atoms with E-state index >= 15 is 0 Å². The number of aryl methyl sites for hydroxylation is 1. The van der Waals surface area contributed by atoms with Crippen molar-refractivity contribution in [3.8, 4) is 5.75 Å². The molecule has 0 unspecified atom stereocenters. The molecular formula is C18H24O3. The third kappa shape index (κ3) is 2.89. The number of hydrogen-bond donors (Lipinski definition) is 0. The van der Waals surface area contributed by atoms with E-state index in [2.05, 4.69) is 32.0 Å². The van der Waals surface area contributed by atoms with Crippen LogP contribution in [0, 0.1) is 11.8 Å². The molecule has 1 fully saturated rings. The molecule has 3 rings (SSSR count). The normalized spacial score (nSPS) is 30.0. The van der Waals surface area contributed by atoms with Crippen LogP contribution in [-0.4, -0.2) is 13.3 Å². The summed E-state index contributed by atoms with van der Waals surface area (Å²) in [5.74, 6) is 2.77. The lowest BCUT2D eigenvalue weighted by Gasteiger charge is -2.49. The van der Waals surface area contributed by atoms with Crippen LogP contribution in [0.4, 0.5) is 0 Å². The summed E-state index contributed by atoms with van der Waals surface area (Å²) in [4.78, 5) is 16.2. The van der Waals surface area contributed by atoms with Crippen molar-refractivity contribution in [1.29, 1.82) is 0 Å². The van der Waals surface area contributed by atoms with Crippen LogP contribution in [0.25, 0.3) is 0 Å². The first-order valence-electron chi connectivity index (χ1n) is 7.73. The van der Waals surface area contributed by atoms with Crippen molar-refractivity contribution in [2.24, 2.45) is 11.8 Å². The zero-order valence-corrected chi connectivity index (χ0v) is 13.1. The standard InChI is InChI=1S/C17H24O.CO2/c1-12-5-4-10-17(2)15(12)9-7-13-6-8-14(18-3)11-16(13)17;2-1-3/h6,8,11-12,15H,4-5,7,9-10H2,1-3H3;/t12-,15+,17+;/m1./s1. The molecule has 0 bridgehead atoms. The molecule has 0 saturated heterocycles. The van der Waals surface area contributed by atoms with Crippen LogP contribution in [0.5, 0.6) is 5.75 Å². The monoisotopic (exact) mass is 288 g/mol. The Morgan fingerprint density at radius 2 is 2.00 bits per heavy atom. The van der Waals surface area contributed by atoms with Crippen molar-refractivity contribution in [3.63, 3.8) is 0 Å². The molecule has 21 heavy (non-hydrogen) atoms. The van der Waals surface area contributed by atoms with E-state index in [1.807, 2.05) is 0 Å². The van der Waals surface area contributed by atoms with Crippen molar-refractivity contribution >= 4 is 6.15 Å². The van der Waals surface area contributed by atoms with Gasteiger partial charge in [-0.25, -0.2) is 0 Å². The summed E-state index contributed by atoms with van der Waals surface area (Å²) < 4.78 is 5.43. The summed E-state index contributed by atoms with van der Waals surface area (Å²) in [7, 11) is 1.77. The average molecular weight is 288 g/mol. The number of rotatable bonds is 1. The maximum absolute atomic E-state index is 8.12. The van der Waals surface area contributed by atoms with E-state index in [-0.39, 0.29) is 6.15 Å². The molecule has 0 spiro atoms. The van der Waals surface area contributed by atoms with Crippen LogP contribution in [0.3, 0.4) is 0 Å². The average Bonchev–Trinajstić information content (AvgIpc) is 2.47. The van der Waals surface area contributed by atoms with Gasteiger partial charge in [0, 0.05) is 0 Å². The number of ether oxygens (including phenoxy) is 1. The largest absolute Gasteiger partial charge is 0.497 e. The third-order valence-electron chi connectivity index (χ3n) is 5.52. The molecule has 0 aromatic heterocycles. The second-order valence-corrected chi connectivity index (χ2v) is 6.54. The Labute approximate surface area is 126 Å². The van der Waals surface area contributed by atoms with Crippen LogP contribution in [0.1, 0.15) is 50.7 Å². The number of hydrogen-bond acceptors (Lipinski definition) is 3. The van der Waals surface area contributed by atoms with E-state index in [9.17, 15) is 0 Å². The van der Waals surface area contributed by atoms with Crippen LogP contribution < -0.4 is 4.74 Å². The van der Waals surface area contributed by atoms with Gasteiger partial charge in [0.05, 0.1) is 7.11 Å². The van der Waals surface area contributed by atoms with Crippen LogP contribution in [0.15, 0.2) is 18.2 Å². The fourth-order valence-corrected chi connectivity index (χ4v) is 4.49. The SMILES string of the molecule is COc1ccc2c(c1)[C@@]1(C)CCC[C@@H](C)[C@@H]1CC2.O=C=O. The molecule has 0 aliphatic heterocycles. The molecule has 3 atom stereocenters. The molecule has 0 radical (unpaired) electrons. The Morgan fingerprint density at radius 3 is 2.67 bits per heavy atom. The van der Waals surface area contributed by atoms with Gasteiger partial charge in [0.1, 0.15) is 5.75 Å². The molecule has 3 nitrogen and oxygen atoms in total. The molecular weight excluding hydrogens is 264 g/mol. The summed E-state index contributed by atoms with van der Waals surface area (Å²) in [5, 5.41) is 0. The predicted octanol–water partition coefficient (Wildman–Crippen LogP) is 3.75. The summed E-state index contributed by atoms with van der Waals surface area (Å²) in [6.45, 7) is 4.94. The Hall–Kier alpha value is -1.60. The molecule has 0 amide bonds. The summed E-state index contributed by atoms with van der Waals surface area (Å²) in [5.41, 5.74) is 3.52. The highest BCUT2D eigenvalue weighted by Gasteiger charge is 2.44. The Bertz CT molecular complexity index is 531. The van der Waals surface area contributed by atoms with Crippen molar-refractivity contribution in [1.82, 2.24) is 0 Å². The molecule has 1 saturated carbocycles. The van der Waals surface area contributed by atoms with E-state index < -0.39 is 0 Å². The second-order valence-electron chi connectivity index (χ2n) is 6.54. The lowest BCUT2D eigenvalue weighted by Crippen LogP contribution is -2.43. The van der Waals surface area contributed by atoms with Crippen molar-refractivity contribution in [2.75, 3.05) is 7.11 Å². The van der Waals surface area contributed by atoms with E-state index in [1.54, 1.807) is 18.2 Å². The Morgan fingerprint density at radius 1 is 1.29 bits per heavy atom. The van der Waals surface area contributed by atoms with Crippen LogP contribution in [0.2, 0.25) is 0 Å². The minimum Gasteiger partial charge on any atom is -0.497 e. The minimum atomic E-state index is 0.250. The molecule has 1 aromatic rings.